The minimum absolute atomic E-state index is 0. The second-order valence-corrected chi connectivity index (χ2v) is 7.05. The Kier molecular flexibility index (Phi) is 9.68. The fourth-order valence-corrected chi connectivity index (χ4v) is 2.74. The molecule has 9 heteroatoms. The Morgan fingerprint density at radius 2 is 1.33 bits per heavy atom. The van der Waals surface area contributed by atoms with Crippen LogP contribution in [0.25, 0.3) is 0 Å². The first-order chi connectivity index (χ1) is 12.4. The van der Waals surface area contributed by atoms with Gasteiger partial charge in [-0.05, 0) is 11.1 Å². The van der Waals surface area contributed by atoms with Crippen LogP contribution in [-0.4, -0.2) is 30.2 Å². The Morgan fingerprint density at radius 3 is 1.78 bits per heavy atom. The van der Waals surface area contributed by atoms with E-state index in [9.17, 15) is 22.6 Å². The van der Waals surface area contributed by atoms with Crippen molar-refractivity contribution in [3.8, 4) is 0 Å². The molecule has 7 nitrogen and oxygen atoms in total. The van der Waals surface area contributed by atoms with E-state index in [4.69, 9.17) is 9.47 Å². The van der Waals surface area contributed by atoms with Gasteiger partial charge in [0.1, 0.15) is 13.2 Å². The molecular weight excluding hydrogens is 383 g/mol. The molecule has 0 radical (unpaired) electrons. The van der Waals surface area contributed by atoms with E-state index in [1.165, 1.54) is 0 Å². The van der Waals surface area contributed by atoms with E-state index in [0.717, 1.165) is 0 Å². The summed E-state index contributed by atoms with van der Waals surface area (Å²) >= 11 is 0. The van der Waals surface area contributed by atoms with Gasteiger partial charge in [0.25, 0.3) is 10.1 Å². The number of carbonyl (C=O) groups is 2. The zero-order chi connectivity index (χ0) is 19.0. The normalized spacial score (nSPS) is 11.7. The molecule has 0 amide bonds. The van der Waals surface area contributed by atoms with Gasteiger partial charge < -0.3 is 10.9 Å². The molecule has 2 rings (SSSR count). The predicted molar refractivity (Wildman–Crippen MR) is 93.5 cm³/mol. The number of esters is 2. The monoisotopic (exact) mass is 402 g/mol. The average molecular weight is 402 g/mol. The van der Waals surface area contributed by atoms with Crippen LogP contribution < -0.4 is 29.6 Å². The van der Waals surface area contributed by atoms with Crippen molar-refractivity contribution in [1.29, 1.82) is 0 Å². The molecule has 1 atom stereocenters. The second kappa shape index (κ2) is 11.2. The van der Waals surface area contributed by atoms with E-state index in [-0.39, 0.29) is 44.2 Å². The van der Waals surface area contributed by atoms with E-state index >= 15 is 0 Å². The molecule has 0 spiro atoms. The van der Waals surface area contributed by atoms with Gasteiger partial charge in [-0.1, -0.05) is 60.7 Å². The zero-order valence-electron chi connectivity index (χ0n) is 15.8. The van der Waals surface area contributed by atoms with Crippen molar-refractivity contribution >= 4 is 22.1 Å². The van der Waals surface area contributed by atoms with Crippen LogP contribution in [0.2, 0.25) is 0 Å². The third kappa shape index (κ3) is 8.23. The fraction of sp³-hybridized carbons (Fsp3) is 0.222. The maximum absolute atomic E-state index is 12.0. The van der Waals surface area contributed by atoms with Crippen molar-refractivity contribution in [3.63, 3.8) is 0 Å². The Bertz CT molecular complexity index is 845. The summed E-state index contributed by atoms with van der Waals surface area (Å²) in [6, 6.07) is 17.3. The third-order valence-electron chi connectivity index (χ3n) is 3.44. The Labute approximate surface area is 181 Å². The molecule has 0 heterocycles. The molecule has 140 valence electrons. The molecule has 2 aromatic rings. The number of ether oxygens (including phenoxy) is 2. The smallest absolute Gasteiger partial charge is 1.00 e. The van der Waals surface area contributed by atoms with E-state index in [1.54, 1.807) is 60.7 Å². The molecule has 27 heavy (non-hydrogen) atoms. The van der Waals surface area contributed by atoms with Crippen LogP contribution in [0.1, 0.15) is 19.0 Å². The predicted octanol–water partition coefficient (Wildman–Crippen LogP) is -0.764. The summed E-state index contributed by atoms with van der Waals surface area (Å²) in [4.78, 5) is 23.9. The van der Waals surface area contributed by atoms with E-state index in [1.807, 2.05) is 0 Å². The van der Waals surface area contributed by atoms with Gasteiger partial charge in [-0.25, -0.2) is 0 Å². The fourth-order valence-electron chi connectivity index (χ4n) is 2.08. The van der Waals surface area contributed by atoms with Crippen LogP contribution in [-0.2, 0) is 42.4 Å². The molecule has 0 fully saturated rings. The minimum atomic E-state index is -4.82. The molecule has 1 N–H and O–H groups in total. The molecule has 0 aliphatic rings. The first-order valence-corrected chi connectivity index (χ1v) is 9.23. The minimum Gasteiger partial charge on any atom is -1.00 e. The summed E-state index contributed by atoms with van der Waals surface area (Å²) in [6.07, 6.45) is -0.834. The maximum atomic E-state index is 12.0. The van der Waals surface area contributed by atoms with Gasteiger partial charge >= 0.3 is 41.5 Å². The number of hydrogen-bond donors (Lipinski definition) is 1. The van der Waals surface area contributed by atoms with Crippen LogP contribution in [0.4, 0.5) is 0 Å². The molecule has 1 unspecified atom stereocenters. The van der Waals surface area contributed by atoms with Crippen molar-refractivity contribution in [1.82, 2.24) is 0 Å². The molecule has 0 aliphatic carbocycles. The Balaban J connectivity index is 0.00000364. The zero-order valence-corrected chi connectivity index (χ0v) is 17.6. The number of carbonyl (C=O) groups excluding carboxylic acids is 2. The summed E-state index contributed by atoms with van der Waals surface area (Å²) in [7, 11) is -4.82. The van der Waals surface area contributed by atoms with Gasteiger partial charge in [-0.2, -0.15) is 8.42 Å². The molecule has 0 aromatic heterocycles. The van der Waals surface area contributed by atoms with E-state index in [0.29, 0.717) is 11.1 Å². The molecular formula is C18H19NaO7S. The third-order valence-corrected chi connectivity index (χ3v) is 4.52. The van der Waals surface area contributed by atoms with Crippen molar-refractivity contribution in [2.75, 3.05) is 0 Å². The van der Waals surface area contributed by atoms with Gasteiger partial charge in [0.15, 0.2) is 5.25 Å². The average Bonchev–Trinajstić information content (AvgIpc) is 2.63. The van der Waals surface area contributed by atoms with E-state index < -0.39 is 33.7 Å². The van der Waals surface area contributed by atoms with Gasteiger partial charge in [0.05, 0.1) is 6.42 Å². The standard InChI is InChI=1S/C18H18O7S.Na.H/c19-17(24-12-14-7-3-1-4-8-14)11-16(26(21,22)23)18(20)25-13-15-9-5-2-6-10-15;;/h1-10,16H,11-13H2,(H,21,22,23);;/q;+1;-1. The van der Waals surface area contributed by atoms with Crippen molar-refractivity contribution in [2.45, 2.75) is 24.9 Å². The molecule has 0 saturated carbocycles. The van der Waals surface area contributed by atoms with Gasteiger partial charge in [0.2, 0.25) is 0 Å². The van der Waals surface area contributed by atoms with Gasteiger partial charge in [-0.3, -0.25) is 14.1 Å². The van der Waals surface area contributed by atoms with Crippen molar-refractivity contribution in [3.05, 3.63) is 71.8 Å². The Morgan fingerprint density at radius 1 is 0.889 bits per heavy atom. The van der Waals surface area contributed by atoms with Crippen LogP contribution >= 0.6 is 0 Å². The second-order valence-electron chi connectivity index (χ2n) is 5.45. The first-order valence-electron chi connectivity index (χ1n) is 7.72. The largest absolute Gasteiger partial charge is 1.00 e. The molecule has 0 saturated heterocycles. The molecule has 0 bridgehead atoms. The summed E-state index contributed by atoms with van der Waals surface area (Å²) in [6.45, 7) is -0.248. The van der Waals surface area contributed by atoms with Crippen LogP contribution in [0.15, 0.2) is 60.7 Å². The molecule has 2 aromatic carbocycles. The maximum Gasteiger partial charge on any atom is 1.00 e. The Hall–Kier alpha value is -1.71. The van der Waals surface area contributed by atoms with Crippen LogP contribution in [0.5, 0.6) is 0 Å². The van der Waals surface area contributed by atoms with Crippen molar-refractivity contribution < 1.29 is 63.0 Å². The van der Waals surface area contributed by atoms with Crippen LogP contribution in [0.3, 0.4) is 0 Å². The van der Waals surface area contributed by atoms with Gasteiger partial charge in [-0.15, -0.1) is 0 Å². The molecule has 0 aliphatic heterocycles. The van der Waals surface area contributed by atoms with E-state index in [2.05, 4.69) is 0 Å². The summed E-state index contributed by atoms with van der Waals surface area (Å²) < 4.78 is 42.0. The van der Waals surface area contributed by atoms with Crippen molar-refractivity contribution in [2.24, 2.45) is 0 Å². The first kappa shape index (κ1) is 23.3. The quantitative estimate of drug-likeness (QED) is 0.351. The SMILES string of the molecule is O=C(CC(C(=O)OCc1ccccc1)S(=O)(=O)O)OCc1ccccc1.[H-].[Na+]. The topological polar surface area (TPSA) is 107 Å². The number of benzene rings is 2. The number of hydrogen-bond acceptors (Lipinski definition) is 6. The van der Waals surface area contributed by atoms with Gasteiger partial charge in [0, 0.05) is 0 Å². The summed E-state index contributed by atoms with van der Waals surface area (Å²) in [5.74, 6) is -2.15. The van der Waals surface area contributed by atoms with Crippen LogP contribution in [0, 0.1) is 0 Å². The summed E-state index contributed by atoms with van der Waals surface area (Å²) in [5.41, 5.74) is 1.34. The summed E-state index contributed by atoms with van der Waals surface area (Å²) in [5, 5.41) is -2.03. The number of rotatable bonds is 8.